The minimum absolute atomic E-state index is 0.0624. The molecule has 0 unspecified atom stereocenters. The molecule has 0 saturated heterocycles. The predicted molar refractivity (Wildman–Crippen MR) is 68.3 cm³/mol. The fourth-order valence-electron chi connectivity index (χ4n) is 1.32. The van der Waals surface area contributed by atoms with Gasteiger partial charge in [0.1, 0.15) is 11.6 Å². The zero-order valence-corrected chi connectivity index (χ0v) is 9.91. The number of benzene rings is 1. The molecule has 0 atom stereocenters. The molecule has 0 fully saturated rings. The van der Waals surface area contributed by atoms with Crippen LogP contribution in [0.3, 0.4) is 0 Å². The zero-order chi connectivity index (χ0) is 13.0. The van der Waals surface area contributed by atoms with Crippen molar-refractivity contribution in [3.63, 3.8) is 0 Å². The molecule has 2 aromatic rings. The van der Waals surface area contributed by atoms with Crippen LogP contribution < -0.4 is 10.6 Å². The third kappa shape index (κ3) is 2.95. The average molecular weight is 266 g/mol. The number of halogens is 2. The van der Waals surface area contributed by atoms with Gasteiger partial charge in [0.2, 0.25) is 0 Å². The highest BCUT2D eigenvalue weighted by molar-refractivity contribution is 6.33. The van der Waals surface area contributed by atoms with E-state index < -0.39 is 11.8 Å². The molecule has 0 saturated carbocycles. The Labute approximate surface area is 108 Å². The van der Waals surface area contributed by atoms with Gasteiger partial charge in [-0.3, -0.25) is 5.32 Å². The van der Waals surface area contributed by atoms with Gasteiger partial charge in [-0.2, -0.15) is 0 Å². The van der Waals surface area contributed by atoms with Crippen LogP contribution in [0.15, 0.2) is 42.6 Å². The van der Waals surface area contributed by atoms with Gasteiger partial charge in [-0.25, -0.2) is 14.2 Å². The first-order chi connectivity index (χ1) is 8.66. The van der Waals surface area contributed by atoms with Crippen molar-refractivity contribution in [1.82, 2.24) is 4.98 Å². The zero-order valence-electron chi connectivity index (χ0n) is 9.15. The number of carbonyl (C=O) groups is 1. The molecule has 0 bridgehead atoms. The number of nitrogens with one attached hydrogen (secondary N) is 2. The maximum atomic E-state index is 13.4. The number of nitrogens with zero attached hydrogens (tertiary/aromatic N) is 1. The first-order valence-electron chi connectivity index (χ1n) is 5.10. The number of aromatic nitrogens is 1. The van der Waals surface area contributed by atoms with Crippen LogP contribution in [0.1, 0.15) is 0 Å². The van der Waals surface area contributed by atoms with Crippen LogP contribution in [-0.2, 0) is 0 Å². The number of urea groups is 1. The van der Waals surface area contributed by atoms with Gasteiger partial charge in [0.25, 0.3) is 0 Å². The van der Waals surface area contributed by atoms with Crippen molar-refractivity contribution < 1.29 is 9.18 Å². The largest absolute Gasteiger partial charge is 0.324 e. The van der Waals surface area contributed by atoms with Crippen LogP contribution in [0.25, 0.3) is 0 Å². The van der Waals surface area contributed by atoms with Crippen molar-refractivity contribution in [2.45, 2.75) is 0 Å². The molecule has 18 heavy (non-hydrogen) atoms. The lowest BCUT2D eigenvalue weighted by atomic mass is 10.3. The lowest BCUT2D eigenvalue weighted by Gasteiger charge is -2.09. The summed E-state index contributed by atoms with van der Waals surface area (Å²) in [4.78, 5) is 15.5. The minimum Gasteiger partial charge on any atom is -0.304 e. The molecule has 2 amide bonds. The Morgan fingerprint density at radius 1 is 1.17 bits per heavy atom. The molecule has 92 valence electrons. The first kappa shape index (κ1) is 12.3. The Balaban J connectivity index is 2.08. The molecule has 1 aromatic carbocycles. The van der Waals surface area contributed by atoms with E-state index in [-0.39, 0.29) is 10.7 Å². The Morgan fingerprint density at radius 3 is 2.67 bits per heavy atom. The maximum absolute atomic E-state index is 13.4. The molecule has 1 heterocycles. The van der Waals surface area contributed by atoms with E-state index in [2.05, 4.69) is 15.6 Å². The molecule has 0 spiro atoms. The van der Waals surface area contributed by atoms with Crippen molar-refractivity contribution in [2.24, 2.45) is 0 Å². The number of hydrogen-bond acceptors (Lipinski definition) is 2. The van der Waals surface area contributed by atoms with Crippen molar-refractivity contribution in [3.05, 3.63) is 53.4 Å². The fourth-order valence-corrected chi connectivity index (χ4v) is 1.53. The summed E-state index contributed by atoms with van der Waals surface area (Å²) < 4.78 is 13.4. The summed E-state index contributed by atoms with van der Waals surface area (Å²) in [6.07, 6.45) is 1.53. The number of para-hydroxylation sites is 1. The van der Waals surface area contributed by atoms with Crippen LogP contribution in [0.4, 0.5) is 20.7 Å². The van der Waals surface area contributed by atoms with Gasteiger partial charge >= 0.3 is 6.03 Å². The summed E-state index contributed by atoms with van der Waals surface area (Å²) in [5, 5.41) is 4.92. The monoisotopic (exact) mass is 265 g/mol. The van der Waals surface area contributed by atoms with Gasteiger partial charge < -0.3 is 5.32 Å². The summed E-state index contributed by atoms with van der Waals surface area (Å²) in [6.45, 7) is 0. The van der Waals surface area contributed by atoms with Crippen molar-refractivity contribution in [3.8, 4) is 0 Å². The van der Waals surface area contributed by atoms with Crippen molar-refractivity contribution >= 4 is 29.1 Å². The fraction of sp³-hybridized carbons (Fsp3) is 0. The highest BCUT2D eigenvalue weighted by Gasteiger charge is 2.10. The van der Waals surface area contributed by atoms with Gasteiger partial charge in [0, 0.05) is 6.20 Å². The molecular formula is C12H9ClFN3O. The van der Waals surface area contributed by atoms with Gasteiger partial charge in [0.15, 0.2) is 0 Å². The summed E-state index contributed by atoms with van der Waals surface area (Å²) >= 11 is 5.78. The molecule has 0 aliphatic rings. The second-order valence-electron chi connectivity index (χ2n) is 3.39. The first-order valence-corrected chi connectivity index (χ1v) is 5.47. The van der Waals surface area contributed by atoms with E-state index in [9.17, 15) is 9.18 Å². The van der Waals surface area contributed by atoms with Crippen LogP contribution in [0.5, 0.6) is 0 Å². The molecule has 0 aliphatic heterocycles. The summed E-state index contributed by atoms with van der Waals surface area (Å²) in [5.74, 6) is -0.235. The molecule has 0 aliphatic carbocycles. The van der Waals surface area contributed by atoms with Crippen molar-refractivity contribution in [2.75, 3.05) is 10.6 Å². The van der Waals surface area contributed by atoms with E-state index in [1.807, 2.05) is 0 Å². The second-order valence-corrected chi connectivity index (χ2v) is 3.80. The molecule has 0 radical (unpaired) electrons. The Hall–Kier alpha value is -2.14. The topological polar surface area (TPSA) is 54.0 Å². The number of hydrogen-bond donors (Lipinski definition) is 2. The number of rotatable bonds is 2. The number of amides is 2. The lowest BCUT2D eigenvalue weighted by Crippen LogP contribution is -2.20. The highest BCUT2D eigenvalue weighted by atomic mass is 35.5. The third-order valence-corrected chi connectivity index (χ3v) is 2.42. The van der Waals surface area contributed by atoms with Crippen LogP contribution >= 0.6 is 11.6 Å². The molecule has 4 nitrogen and oxygen atoms in total. The van der Waals surface area contributed by atoms with E-state index in [4.69, 9.17) is 11.6 Å². The Morgan fingerprint density at radius 2 is 2.00 bits per heavy atom. The quantitative estimate of drug-likeness (QED) is 0.873. The van der Waals surface area contributed by atoms with Crippen LogP contribution in [-0.4, -0.2) is 11.0 Å². The highest BCUT2D eigenvalue weighted by Crippen LogP contribution is 2.24. The van der Waals surface area contributed by atoms with E-state index in [1.165, 1.54) is 24.4 Å². The molecule has 2 N–H and O–H groups in total. The number of pyridine rings is 1. The molecule has 1 aromatic heterocycles. The van der Waals surface area contributed by atoms with E-state index in [0.717, 1.165) is 0 Å². The Kier molecular flexibility index (Phi) is 3.74. The van der Waals surface area contributed by atoms with Gasteiger partial charge in [0.05, 0.1) is 10.7 Å². The van der Waals surface area contributed by atoms with E-state index >= 15 is 0 Å². The molecule has 6 heteroatoms. The smallest absolute Gasteiger partial charge is 0.304 e. The molecule has 2 rings (SSSR count). The molecular weight excluding hydrogens is 257 g/mol. The van der Waals surface area contributed by atoms with Gasteiger partial charge in [-0.05, 0) is 24.3 Å². The van der Waals surface area contributed by atoms with Gasteiger partial charge in [-0.15, -0.1) is 0 Å². The van der Waals surface area contributed by atoms with Crippen molar-refractivity contribution in [1.29, 1.82) is 0 Å². The summed E-state index contributed by atoms with van der Waals surface area (Å²) in [6, 6.07) is 8.60. The standard InChI is InChI=1S/C12H9ClFN3O/c13-8-4-3-5-9(14)11(8)17-12(18)16-10-6-1-2-7-15-10/h1-7H,(H2,15,16,17,18). The van der Waals surface area contributed by atoms with Crippen LogP contribution in [0.2, 0.25) is 5.02 Å². The second kappa shape index (κ2) is 5.46. The lowest BCUT2D eigenvalue weighted by molar-refractivity contribution is 0.262. The summed E-state index contributed by atoms with van der Waals surface area (Å²) in [5.41, 5.74) is -0.0624. The van der Waals surface area contributed by atoms with Crippen LogP contribution in [0, 0.1) is 5.82 Å². The predicted octanol–water partition coefficient (Wildman–Crippen LogP) is 3.52. The maximum Gasteiger partial charge on any atom is 0.324 e. The van der Waals surface area contributed by atoms with E-state index in [0.29, 0.717) is 5.82 Å². The van der Waals surface area contributed by atoms with Gasteiger partial charge in [-0.1, -0.05) is 23.7 Å². The third-order valence-electron chi connectivity index (χ3n) is 2.11. The van der Waals surface area contributed by atoms with E-state index in [1.54, 1.807) is 18.2 Å². The summed E-state index contributed by atoms with van der Waals surface area (Å²) in [7, 11) is 0. The minimum atomic E-state index is -0.610. The normalized spacial score (nSPS) is 9.89. The average Bonchev–Trinajstić information content (AvgIpc) is 2.35. The SMILES string of the molecule is O=C(Nc1ccccn1)Nc1c(F)cccc1Cl. The number of anilines is 2. The Bertz CT molecular complexity index is 542. The number of carbonyl (C=O) groups excluding carboxylic acids is 1.